The van der Waals surface area contributed by atoms with E-state index in [0.717, 1.165) is 5.82 Å². The van der Waals surface area contributed by atoms with Gasteiger partial charge in [0.25, 0.3) is 0 Å². The molecule has 1 heterocycles. The van der Waals surface area contributed by atoms with Crippen LogP contribution in [0.15, 0.2) is 6.33 Å². The molecule has 0 aliphatic carbocycles. The molecular weight excluding hydrogens is 140 g/mol. The van der Waals surface area contributed by atoms with Gasteiger partial charge in [-0.05, 0) is 6.92 Å². The summed E-state index contributed by atoms with van der Waals surface area (Å²) < 4.78 is 0. The SMILES string of the molecule is C.Cc1ncnc(N(C)C)n1. The van der Waals surface area contributed by atoms with Crippen molar-refractivity contribution in [3.63, 3.8) is 0 Å². The third-order valence-corrected chi connectivity index (χ3v) is 1.08. The van der Waals surface area contributed by atoms with Gasteiger partial charge >= 0.3 is 0 Å². The van der Waals surface area contributed by atoms with Crippen LogP contribution in [0.25, 0.3) is 0 Å². The van der Waals surface area contributed by atoms with Crippen molar-refractivity contribution in [3.05, 3.63) is 12.2 Å². The summed E-state index contributed by atoms with van der Waals surface area (Å²) in [4.78, 5) is 13.7. The summed E-state index contributed by atoms with van der Waals surface area (Å²) in [5.41, 5.74) is 0. The summed E-state index contributed by atoms with van der Waals surface area (Å²) in [7, 11) is 3.80. The zero-order valence-electron chi connectivity index (χ0n) is 6.37. The smallest absolute Gasteiger partial charge is 0.228 e. The van der Waals surface area contributed by atoms with Gasteiger partial charge in [0.1, 0.15) is 12.2 Å². The Bertz CT molecular complexity index is 221. The van der Waals surface area contributed by atoms with Crippen LogP contribution in [0.3, 0.4) is 0 Å². The first-order valence-electron chi connectivity index (χ1n) is 3.03. The maximum absolute atomic E-state index is 4.08. The van der Waals surface area contributed by atoms with E-state index in [1.165, 1.54) is 6.33 Å². The highest BCUT2D eigenvalue weighted by Crippen LogP contribution is 1.98. The van der Waals surface area contributed by atoms with Crippen LogP contribution < -0.4 is 4.90 Å². The number of anilines is 1. The van der Waals surface area contributed by atoms with Gasteiger partial charge in [0.15, 0.2) is 0 Å². The van der Waals surface area contributed by atoms with Crippen LogP contribution in [0, 0.1) is 6.92 Å². The van der Waals surface area contributed by atoms with E-state index in [4.69, 9.17) is 0 Å². The van der Waals surface area contributed by atoms with E-state index >= 15 is 0 Å². The predicted molar refractivity (Wildman–Crippen MR) is 45.6 cm³/mol. The van der Waals surface area contributed by atoms with Crippen LogP contribution in [0.4, 0.5) is 5.95 Å². The van der Waals surface area contributed by atoms with Gasteiger partial charge in [-0.2, -0.15) is 4.98 Å². The molecule has 1 rings (SSSR count). The topological polar surface area (TPSA) is 41.9 Å². The van der Waals surface area contributed by atoms with Gasteiger partial charge in [-0.15, -0.1) is 0 Å². The quantitative estimate of drug-likeness (QED) is 0.602. The Hall–Kier alpha value is -1.19. The van der Waals surface area contributed by atoms with Crippen LogP contribution in [0.5, 0.6) is 0 Å². The highest BCUT2D eigenvalue weighted by atomic mass is 15.2. The van der Waals surface area contributed by atoms with Gasteiger partial charge in [-0.3, -0.25) is 0 Å². The Morgan fingerprint density at radius 2 is 1.91 bits per heavy atom. The van der Waals surface area contributed by atoms with Gasteiger partial charge in [0, 0.05) is 14.1 Å². The lowest BCUT2D eigenvalue weighted by molar-refractivity contribution is 0.916. The van der Waals surface area contributed by atoms with Crippen molar-refractivity contribution in [1.82, 2.24) is 15.0 Å². The summed E-state index contributed by atoms with van der Waals surface area (Å²) in [6.45, 7) is 1.84. The molecule has 0 amide bonds. The summed E-state index contributed by atoms with van der Waals surface area (Å²) in [5.74, 6) is 1.45. The minimum Gasteiger partial charge on any atom is -0.347 e. The van der Waals surface area contributed by atoms with E-state index in [9.17, 15) is 0 Å². The molecule has 0 aliphatic heterocycles. The van der Waals surface area contributed by atoms with Crippen LogP contribution in [-0.4, -0.2) is 29.0 Å². The molecule has 0 radical (unpaired) electrons. The largest absolute Gasteiger partial charge is 0.347 e. The Morgan fingerprint density at radius 3 is 2.27 bits per heavy atom. The first-order valence-corrected chi connectivity index (χ1v) is 3.03. The molecule has 0 N–H and O–H groups in total. The van der Waals surface area contributed by atoms with E-state index in [0.29, 0.717) is 5.95 Å². The van der Waals surface area contributed by atoms with E-state index < -0.39 is 0 Å². The van der Waals surface area contributed by atoms with Crippen molar-refractivity contribution in [2.45, 2.75) is 14.4 Å². The van der Waals surface area contributed by atoms with Gasteiger partial charge in [-0.1, -0.05) is 7.43 Å². The normalized spacial score (nSPS) is 8.64. The van der Waals surface area contributed by atoms with Gasteiger partial charge in [-0.25, -0.2) is 9.97 Å². The fourth-order valence-corrected chi connectivity index (χ4v) is 0.582. The lowest BCUT2D eigenvalue weighted by atomic mass is 10.7. The average Bonchev–Trinajstić information content (AvgIpc) is 1.88. The maximum Gasteiger partial charge on any atom is 0.228 e. The molecule has 0 spiro atoms. The molecule has 0 saturated carbocycles. The van der Waals surface area contributed by atoms with Crippen molar-refractivity contribution in [1.29, 1.82) is 0 Å². The second-order valence-electron chi connectivity index (χ2n) is 2.23. The highest BCUT2D eigenvalue weighted by Gasteiger charge is 1.96. The standard InChI is InChI=1S/C6H10N4.CH4/c1-5-7-4-8-6(9-5)10(2)3;/h4H,1-3H3;1H4. The minimum absolute atomic E-state index is 0. The molecule has 4 heteroatoms. The van der Waals surface area contributed by atoms with Crippen molar-refractivity contribution < 1.29 is 0 Å². The molecule has 0 saturated heterocycles. The molecule has 0 bridgehead atoms. The molecular formula is C7H14N4. The van der Waals surface area contributed by atoms with Crippen molar-refractivity contribution in [3.8, 4) is 0 Å². The predicted octanol–water partition coefficient (Wildman–Crippen LogP) is 0.882. The summed E-state index contributed by atoms with van der Waals surface area (Å²) >= 11 is 0. The molecule has 11 heavy (non-hydrogen) atoms. The Balaban J connectivity index is 0.000001000. The molecule has 0 unspecified atom stereocenters. The summed E-state index contributed by atoms with van der Waals surface area (Å²) in [6.07, 6.45) is 1.51. The number of nitrogens with zero attached hydrogens (tertiary/aromatic N) is 4. The van der Waals surface area contributed by atoms with Crippen LogP contribution in [-0.2, 0) is 0 Å². The van der Waals surface area contributed by atoms with Gasteiger partial charge < -0.3 is 4.90 Å². The van der Waals surface area contributed by atoms with E-state index in [-0.39, 0.29) is 7.43 Å². The molecule has 0 fully saturated rings. The number of rotatable bonds is 1. The monoisotopic (exact) mass is 154 g/mol. The number of aromatic nitrogens is 3. The van der Waals surface area contributed by atoms with Gasteiger partial charge in [0.05, 0.1) is 0 Å². The molecule has 0 aliphatic rings. The van der Waals surface area contributed by atoms with E-state index in [1.54, 1.807) is 0 Å². The molecule has 1 aromatic rings. The van der Waals surface area contributed by atoms with E-state index in [1.807, 2.05) is 25.9 Å². The van der Waals surface area contributed by atoms with Crippen molar-refractivity contribution in [2.75, 3.05) is 19.0 Å². The maximum atomic E-state index is 4.08. The zero-order valence-corrected chi connectivity index (χ0v) is 6.37. The third kappa shape index (κ3) is 2.49. The minimum atomic E-state index is 0. The first kappa shape index (κ1) is 9.81. The lowest BCUT2D eigenvalue weighted by Crippen LogP contribution is -2.13. The zero-order chi connectivity index (χ0) is 7.56. The molecule has 62 valence electrons. The van der Waals surface area contributed by atoms with Gasteiger partial charge in [0.2, 0.25) is 5.95 Å². The van der Waals surface area contributed by atoms with Crippen LogP contribution in [0.2, 0.25) is 0 Å². The van der Waals surface area contributed by atoms with Crippen molar-refractivity contribution in [2.24, 2.45) is 0 Å². The van der Waals surface area contributed by atoms with E-state index in [2.05, 4.69) is 15.0 Å². The highest BCUT2D eigenvalue weighted by molar-refractivity contribution is 5.24. The molecule has 0 aromatic carbocycles. The second-order valence-corrected chi connectivity index (χ2v) is 2.23. The lowest BCUT2D eigenvalue weighted by Gasteiger charge is -2.08. The molecule has 0 atom stereocenters. The van der Waals surface area contributed by atoms with Crippen LogP contribution >= 0.6 is 0 Å². The number of hydrogen-bond acceptors (Lipinski definition) is 4. The first-order chi connectivity index (χ1) is 4.70. The van der Waals surface area contributed by atoms with Crippen molar-refractivity contribution >= 4 is 5.95 Å². The van der Waals surface area contributed by atoms with Crippen LogP contribution in [0.1, 0.15) is 13.3 Å². The fourth-order valence-electron chi connectivity index (χ4n) is 0.582. The number of hydrogen-bond donors (Lipinski definition) is 0. The average molecular weight is 154 g/mol. The fraction of sp³-hybridized carbons (Fsp3) is 0.571. The summed E-state index contributed by atoms with van der Waals surface area (Å²) in [5, 5.41) is 0. The second kappa shape index (κ2) is 3.85. The third-order valence-electron chi connectivity index (χ3n) is 1.08. The summed E-state index contributed by atoms with van der Waals surface area (Å²) in [6, 6.07) is 0. The number of aryl methyl sites for hydroxylation is 1. The Morgan fingerprint density at radius 1 is 1.27 bits per heavy atom. The molecule has 1 aromatic heterocycles. The Kier molecular flexibility index (Phi) is 3.44. The molecule has 4 nitrogen and oxygen atoms in total. The Labute approximate surface area is 67.3 Å².